The minimum Gasteiger partial charge on any atom is -0.273 e. The second-order valence-corrected chi connectivity index (χ2v) is 8.41. The Morgan fingerprint density at radius 3 is 1.32 bits per heavy atom. The van der Waals surface area contributed by atoms with E-state index in [1.807, 2.05) is 84.9 Å². The van der Waals surface area contributed by atoms with Gasteiger partial charge in [-0.3, -0.25) is 19.6 Å². The number of amides is 2. The molecule has 0 bridgehead atoms. The monoisotopic (exact) mass is 504 g/mol. The molecule has 0 atom stereocenters. The van der Waals surface area contributed by atoms with Crippen molar-refractivity contribution in [3.8, 4) is 0 Å². The molecule has 2 N–H and O–H groups in total. The molecule has 4 aromatic rings. The molecule has 0 saturated heterocycles. The first-order valence-electron chi connectivity index (χ1n) is 12.4. The lowest BCUT2D eigenvalue weighted by atomic mass is 10.0. The SMILES string of the molecule is O=C(CCCCC(=O)NN=C(c1ccccc1)c1cccnc1)NN=C(c1ccccc1)c1cccnc1. The van der Waals surface area contributed by atoms with Crippen LogP contribution in [0.2, 0.25) is 0 Å². The van der Waals surface area contributed by atoms with E-state index in [4.69, 9.17) is 0 Å². The summed E-state index contributed by atoms with van der Waals surface area (Å²) >= 11 is 0. The lowest BCUT2D eigenvalue weighted by Crippen LogP contribution is -2.21. The Labute approximate surface area is 221 Å². The standard InChI is InChI=1S/C30H28N6O2/c37-27(33-35-29(23-11-3-1-4-12-23)25-15-9-19-31-21-25)17-7-8-18-28(38)34-36-30(24-13-5-2-6-14-24)26-16-10-20-32-22-26/h1-6,9-16,19-22H,7-8,17-18H2,(H,33,37)(H,34,38). The zero-order chi connectivity index (χ0) is 26.4. The summed E-state index contributed by atoms with van der Waals surface area (Å²) in [6.07, 6.45) is 8.37. The van der Waals surface area contributed by atoms with Crippen molar-refractivity contribution in [2.75, 3.05) is 0 Å². The van der Waals surface area contributed by atoms with Crippen molar-refractivity contribution in [2.45, 2.75) is 25.7 Å². The van der Waals surface area contributed by atoms with Crippen molar-refractivity contribution in [2.24, 2.45) is 10.2 Å². The van der Waals surface area contributed by atoms with Crippen LogP contribution in [0.4, 0.5) is 0 Å². The molecule has 0 saturated carbocycles. The summed E-state index contributed by atoms with van der Waals surface area (Å²) in [5, 5.41) is 8.72. The van der Waals surface area contributed by atoms with Gasteiger partial charge in [0.2, 0.25) is 11.8 Å². The second kappa shape index (κ2) is 13.9. The molecule has 2 amide bonds. The fourth-order valence-corrected chi connectivity index (χ4v) is 3.71. The van der Waals surface area contributed by atoms with Crippen molar-refractivity contribution < 1.29 is 9.59 Å². The van der Waals surface area contributed by atoms with Crippen LogP contribution in [0.5, 0.6) is 0 Å². The normalized spacial score (nSPS) is 11.6. The number of rotatable bonds is 11. The average molecular weight is 505 g/mol. The smallest absolute Gasteiger partial charge is 0.240 e. The van der Waals surface area contributed by atoms with Gasteiger partial charge in [0.1, 0.15) is 0 Å². The van der Waals surface area contributed by atoms with Crippen LogP contribution in [0.25, 0.3) is 0 Å². The molecule has 2 aromatic carbocycles. The van der Waals surface area contributed by atoms with Gasteiger partial charge in [-0.2, -0.15) is 10.2 Å². The summed E-state index contributed by atoms with van der Waals surface area (Å²) in [6.45, 7) is 0. The highest BCUT2D eigenvalue weighted by Gasteiger charge is 2.10. The molecule has 0 aliphatic rings. The molecule has 2 heterocycles. The summed E-state index contributed by atoms with van der Waals surface area (Å²) < 4.78 is 0. The Kier molecular flexibility index (Phi) is 9.57. The maximum absolute atomic E-state index is 12.4. The van der Waals surface area contributed by atoms with Gasteiger partial charge in [-0.1, -0.05) is 60.7 Å². The van der Waals surface area contributed by atoms with E-state index in [1.165, 1.54) is 0 Å². The van der Waals surface area contributed by atoms with Crippen LogP contribution in [-0.2, 0) is 9.59 Å². The average Bonchev–Trinajstić information content (AvgIpc) is 2.98. The Morgan fingerprint density at radius 2 is 0.947 bits per heavy atom. The third-order valence-corrected chi connectivity index (χ3v) is 5.61. The van der Waals surface area contributed by atoms with Crippen molar-refractivity contribution in [3.05, 3.63) is 132 Å². The summed E-state index contributed by atoms with van der Waals surface area (Å²) in [5.41, 5.74) is 9.89. The van der Waals surface area contributed by atoms with Crippen LogP contribution in [0, 0.1) is 0 Å². The van der Waals surface area contributed by atoms with Gasteiger partial charge in [0.25, 0.3) is 0 Å². The van der Waals surface area contributed by atoms with Gasteiger partial charge in [-0.25, -0.2) is 10.9 Å². The maximum atomic E-state index is 12.4. The predicted octanol–water partition coefficient (Wildman–Crippen LogP) is 4.47. The number of pyridine rings is 2. The van der Waals surface area contributed by atoms with Crippen molar-refractivity contribution in [1.82, 2.24) is 20.8 Å². The van der Waals surface area contributed by atoms with Crippen LogP contribution in [-0.4, -0.2) is 33.2 Å². The molecule has 8 nitrogen and oxygen atoms in total. The number of nitrogens with one attached hydrogen (secondary N) is 2. The third-order valence-electron chi connectivity index (χ3n) is 5.61. The van der Waals surface area contributed by atoms with Crippen LogP contribution in [0.1, 0.15) is 47.9 Å². The van der Waals surface area contributed by atoms with E-state index in [0.717, 1.165) is 22.3 Å². The first-order chi connectivity index (χ1) is 18.7. The van der Waals surface area contributed by atoms with Gasteiger partial charge in [-0.15, -0.1) is 0 Å². The molecule has 2 aromatic heterocycles. The quantitative estimate of drug-likeness (QED) is 0.178. The lowest BCUT2D eigenvalue weighted by Gasteiger charge is -2.08. The number of benzene rings is 2. The first kappa shape index (κ1) is 26.1. The van der Waals surface area contributed by atoms with Crippen LogP contribution >= 0.6 is 0 Å². The summed E-state index contributed by atoms with van der Waals surface area (Å²) in [7, 11) is 0. The highest BCUT2D eigenvalue weighted by molar-refractivity contribution is 6.13. The summed E-state index contributed by atoms with van der Waals surface area (Å²) in [5.74, 6) is -0.438. The second-order valence-electron chi connectivity index (χ2n) is 8.41. The molecular weight excluding hydrogens is 476 g/mol. The minimum absolute atomic E-state index is 0.219. The fourth-order valence-electron chi connectivity index (χ4n) is 3.71. The van der Waals surface area contributed by atoms with E-state index in [9.17, 15) is 9.59 Å². The highest BCUT2D eigenvalue weighted by atomic mass is 16.2. The molecule has 0 aliphatic carbocycles. The third kappa shape index (κ3) is 7.76. The Bertz CT molecular complexity index is 1180. The Morgan fingerprint density at radius 1 is 0.553 bits per heavy atom. The van der Waals surface area contributed by atoms with E-state index in [0.29, 0.717) is 24.3 Å². The molecule has 190 valence electrons. The van der Waals surface area contributed by atoms with E-state index in [-0.39, 0.29) is 24.7 Å². The molecule has 0 unspecified atom stereocenters. The Balaban J connectivity index is 1.28. The Hall–Kier alpha value is -4.98. The van der Waals surface area contributed by atoms with Gasteiger partial charge in [0.05, 0.1) is 11.4 Å². The zero-order valence-electron chi connectivity index (χ0n) is 20.8. The van der Waals surface area contributed by atoms with Crippen LogP contribution < -0.4 is 10.9 Å². The molecule has 0 spiro atoms. The van der Waals surface area contributed by atoms with E-state index >= 15 is 0 Å². The maximum Gasteiger partial charge on any atom is 0.240 e. The van der Waals surface area contributed by atoms with Gasteiger partial charge >= 0.3 is 0 Å². The van der Waals surface area contributed by atoms with Crippen molar-refractivity contribution in [1.29, 1.82) is 0 Å². The van der Waals surface area contributed by atoms with Crippen molar-refractivity contribution in [3.63, 3.8) is 0 Å². The molecule has 8 heteroatoms. The number of carbonyl (C=O) groups excluding carboxylic acids is 2. The molecule has 0 radical (unpaired) electrons. The van der Waals surface area contributed by atoms with Crippen LogP contribution in [0.15, 0.2) is 120 Å². The molecule has 4 rings (SSSR count). The highest BCUT2D eigenvalue weighted by Crippen LogP contribution is 2.11. The zero-order valence-corrected chi connectivity index (χ0v) is 20.8. The van der Waals surface area contributed by atoms with Gasteiger partial charge in [0.15, 0.2) is 0 Å². The number of hydrogen-bond donors (Lipinski definition) is 2. The molecular formula is C30H28N6O2. The lowest BCUT2D eigenvalue weighted by molar-refractivity contribution is -0.123. The molecule has 0 fully saturated rings. The van der Waals surface area contributed by atoms with Gasteiger partial charge in [-0.05, 0) is 37.1 Å². The number of unbranched alkanes of at least 4 members (excludes halogenated alkanes) is 1. The molecule has 38 heavy (non-hydrogen) atoms. The largest absolute Gasteiger partial charge is 0.273 e. The number of nitrogens with zero attached hydrogens (tertiary/aromatic N) is 4. The first-order valence-corrected chi connectivity index (χ1v) is 12.4. The number of hydrazone groups is 2. The topological polar surface area (TPSA) is 109 Å². The van der Waals surface area contributed by atoms with E-state index in [1.54, 1.807) is 24.8 Å². The predicted molar refractivity (Wildman–Crippen MR) is 147 cm³/mol. The van der Waals surface area contributed by atoms with Crippen LogP contribution in [0.3, 0.4) is 0 Å². The number of aromatic nitrogens is 2. The van der Waals surface area contributed by atoms with Gasteiger partial charge in [0, 0.05) is 59.9 Å². The van der Waals surface area contributed by atoms with E-state index < -0.39 is 0 Å². The summed E-state index contributed by atoms with van der Waals surface area (Å²) in [6, 6.07) is 26.6. The number of hydrogen-bond acceptors (Lipinski definition) is 6. The molecule has 0 aliphatic heterocycles. The number of carbonyl (C=O) groups is 2. The fraction of sp³-hybridized carbons (Fsp3) is 0.133. The van der Waals surface area contributed by atoms with Crippen molar-refractivity contribution >= 4 is 23.2 Å². The van der Waals surface area contributed by atoms with Gasteiger partial charge < -0.3 is 0 Å². The van der Waals surface area contributed by atoms with E-state index in [2.05, 4.69) is 31.0 Å². The minimum atomic E-state index is -0.219. The summed E-state index contributed by atoms with van der Waals surface area (Å²) in [4.78, 5) is 33.1.